The van der Waals surface area contributed by atoms with Gasteiger partial charge in [0.25, 0.3) is 0 Å². The maximum atomic E-state index is 5.54. The first kappa shape index (κ1) is 26.7. The van der Waals surface area contributed by atoms with E-state index in [1.807, 2.05) is 23.5 Å². The molecule has 0 radical (unpaired) electrons. The largest absolute Gasteiger partial charge is 0.384 e. The Labute approximate surface area is 256 Å². The number of aliphatic imine (C=N–C) groups is 1. The Kier molecular flexibility index (Phi) is 7.41. The molecule has 5 aromatic carbocycles. The van der Waals surface area contributed by atoms with E-state index in [0.29, 0.717) is 0 Å². The molecule has 0 bridgehead atoms. The van der Waals surface area contributed by atoms with Gasteiger partial charge in [0, 0.05) is 52.0 Å². The molecule has 2 unspecified atom stereocenters. The SMILES string of the molecule is CN(C)c1ccc(C2Sc3ccccc3N=C(N3c4ccccc4Sc4ccccc43)C2CNc2ccccc2)cc1. The minimum atomic E-state index is 0.0528. The Balaban J connectivity index is 1.42. The molecule has 0 aliphatic carbocycles. The van der Waals surface area contributed by atoms with E-state index >= 15 is 0 Å². The van der Waals surface area contributed by atoms with E-state index in [-0.39, 0.29) is 11.2 Å². The van der Waals surface area contributed by atoms with Crippen molar-refractivity contribution in [2.24, 2.45) is 10.9 Å². The third-order valence-corrected chi connectivity index (χ3v) is 10.3. The number of nitrogens with one attached hydrogen (secondary N) is 1. The Morgan fingerprint density at radius 2 is 1.29 bits per heavy atom. The summed E-state index contributed by atoms with van der Waals surface area (Å²) >= 11 is 3.75. The molecule has 0 spiro atoms. The minimum absolute atomic E-state index is 0.0528. The van der Waals surface area contributed by atoms with Crippen LogP contribution < -0.4 is 15.1 Å². The van der Waals surface area contributed by atoms with E-state index in [1.165, 1.54) is 37.3 Å². The second-order valence-corrected chi connectivity index (χ2v) is 13.0. The molecular weight excluding hydrogens is 553 g/mol. The highest BCUT2D eigenvalue weighted by Crippen LogP contribution is 2.53. The van der Waals surface area contributed by atoms with E-state index in [9.17, 15) is 0 Å². The van der Waals surface area contributed by atoms with Gasteiger partial charge in [-0.1, -0.05) is 78.5 Å². The number of thioether (sulfide) groups is 1. The van der Waals surface area contributed by atoms with Gasteiger partial charge in [0.1, 0.15) is 5.84 Å². The van der Waals surface area contributed by atoms with Crippen molar-refractivity contribution >= 4 is 57.8 Å². The summed E-state index contributed by atoms with van der Waals surface area (Å²) in [4.78, 5) is 13.8. The fourth-order valence-electron chi connectivity index (χ4n) is 5.62. The van der Waals surface area contributed by atoms with Crippen LogP contribution >= 0.6 is 23.5 Å². The summed E-state index contributed by atoms with van der Waals surface area (Å²) in [5, 5.41) is 3.91. The molecule has 2 atom stereocenters. The molecule has 0 amide bonds. The van der Waals surface area contributed by atoms with Gasteiger partial charge in [0.05, 0.1) is 23.0 Å². The van der Waals surface area contributed by atoms with Gasteiger partial charge in [-0.25, -0.2) is 4.99 Å². The van der Waals surface area contributed by atoms with E-state index in [0.717, 1.165) is 23.8 Å². The number of rotatable bonds is 5. The smallest absolute Gasteiger partial charge is 0.120 e. The number of nitrogens with zero attached hydrogens (tertiary/aromatic N) is 3. The van der Waals surface area contributed by atoms with Crippen LogP contribution in [0.1, 0.15) is 10.8 Å². The van der Waals surface area contributed by atoms with E-state index < -0.39 is 0 Å². The van der Waals surface area contributed by atoms with Crippen LogP contribution in [0.5, 0.6) is 0 Å². The molecule has 0 saturated heterocycles. The van der Waals surface area contributed by atoms with Gasteiger partial charge < -0.3 is 10.2 Å². The van der Waals surface area contributed by atoms with Crippen molar-refractivity contribution in [3.05, 3.63) is 133 Å². The van der Waals surface area contributed by atoms with Crippen molar-refractivity contribution in [1.29, 1.82) is 0 Å². The number of anilines is 4. The summed E-state index contributed by atoms with van der Waals surface area (Å²) in [6.07, 6.45) is 0. The number of hydrogen-bond donors (Lipinski definition) is 1. The van der Waals surface area contributed by atoms with Crippen LogP contribution in [0.25, 0.3) is 0 Å². The molecule has 5 aromatic rings. The molecule has 4 nitrogen and oxygen atoms in total. The van der Waals surface area contributed by atoms with Crippen LogP contribution in [-0.4, -0.2) is 26.5 Å². The van der Waals surface area contributed by atoms with Gasteiger partial charge in [-0.15, -0.1) is 11.8 Å². The number of benzene rings is 5. The normalized spacial score (nSPS) is 17.3. The zero-order valence-corrected chi connectivity index (χ0v) is 25.3. The summed E-state index contributed by atoms with van der Waals surface area (Å²) < 4.78 is 0. The fraction of sp³-hybridized carbons (Fsp3) is 0.139. The topological polar surface area (TPSA) is 30.9 Å². The van der Waals surface area contributed by atoms with Crippen molar-refractivity contribution in [2.45, 2.75) is 19.9 Å². The van der Waals surface area contributed by atoms with Crippen LogP contribution in [0.3, 0.4) is 0 Å². The lowest BCUT2D eigenvalue weighted by Crippen LogP contribution is -2.39. The van der Waals surface area contributed by atoms with Crippen LogP contribution in [0.4, 0.5) is 28.4 Å². The van der Waals surface area contributed by atoms with Crippen molar-refractivity contribution in [2.75, 3.05) is 35.8 Å². The molecule has 0 fully saturated rings. The number of para-hydroxylation sites is 4. The van der Waals surface area contributed by atoms with Gasteiger partial charge in [-0.3, -0.25) is 4.90 Å². The third-order valence-electron chi connectivity index (χ3n) is 7.75. The fourth-order valence-corrected chi connectivity index (χ4v) is 8.02. The molecule has 0 saturated carbocycles. The van der Waals surface area contributed by atoms with Crippen LogP contribution in [0, 0.1) is 5.92 Å². The average molecular weight is 585 g/mol. The Hall–Kier alpha value is -4.13. The average Bonchev–Trinajstić information content (AvgIpc) is 3.20. The molecule has 42 heavy (non-hydrogen) atoms. The molecule has 1 N–H and O–H groups in total. The number of amidine groups is 1. The standard InChI is InChI=1S/C36H32N4S2/c1-39(2)27-22-20-25(21-23-27)35-28(24-37-26-12-4-3-5-13-26)36(38-29-14-6-9-17-32(29)42-35)40-30-15-7-10-18-33(30)41-34-19-11-8-16-31(34)40/h3-23,28,35,37H,24H2,1-2H3. The summed E-state index contributed by atoms with van der Waals surface area (Å²) in [5.41, 5.74) is 6.97. The summed E-state index contributed by atoms with van der Waals surface area (Å²) in [5.74, 6) is 1.11. The lowest BCUT2D eigenvalue weighted by molar-refractivity contribution is 0.698. The van der Waals surface area contributed by atoms with Crippen molar-refractivity contribution < 1.29 is 0 Å². The van der Waals surface area contributed by atoms with E-state index in [4.69, 9.17) is 4.99 Å². The summed E-state index contributed by atoms with van der Waals surface area (Å²) in [6, 6.07) is 45.5. The zero-order chi connectivity index (χ0) is 28.5. The second kappa shape index (κ2) is 11.6. The molecular formula is C36H32N4S2. The van der Waals surface area contributed by atoms with Gasteiger partial charge >= 0.3 is 0 Å². The van der Waals surface area contributed by atoms with Crippen LogP contribution in [-0.2, 0) is 0 Å². The first-order valence-electron chi connectivity index (χ1n) is 14.2. The predicted octanol–water partition coefficient (Wildman–Crippen LogP) is 9.66. The number of hydrogen-bond acceptors (Lipinski definition) is 6. The minimum Gasteiger partial charge on any atom is -0.384 e. The number of fused-ring (bicyclic) bond motifs is 3. The summed E-state index contributed by atoms with van der Waals surface area (Å²) in [6.45, 7) is 0.734. The quantitative estimate of drug-likeness (QED) is 0.222. The highest BCUT2D eigenvalue weighted by molar-refractivity contribution is 8.00. The molecule has 7 rings (SSSR count). The van der Waals surface area contributed by atoms with Gasteiger partial charge in [-0.2, -0.15) is 0 Å². The Bertz CT molecular complexity index is 1690. The van der Waals surface area contributed by atoms with Crippen LogP contribution in [0.2, 0.25) is 0 Å². The Morgan fingerprint density at radius 1 is 0.690 bits per heavy atom. The molecule has 2 heterocycles. The van der Waals surface area contributed by atoms with E-state index in [1.54, 1.807) is 0 Å². The highest BCUT2D eigenvalue weighted by atomic mass is 32.2. The molecule has 0 aromatic heterocycles. The first-order chi connectivity index (χ1) is 20.7. The summed E-state index contributed by atoms with van der Waals surface area (Å²) in [7, 11) is 4.18. The predicted molar refractivity (Wildman–Crippen MR) is 180 cm³/mol. The molecule has 6 heteroatoms. The first-order valence-corrected chi connectivity index (χ1v) is 15.9. The zero-order valence-electron chi connectivity index (χ0n) is 23.6. The molecule has 2 aliphatic heterocycles. The lowest BCUT2D eigenvalue weighted by atomic mass is 9.94. The lowest BCUT2D eigenvalue weighted by Gasteiger charge is -2.38. The molecule has 2 aliphatic rings. The maximum absolute atomic E-state index is 5.54. The van der Waals surface area contributed by atoms with E-state index in [2.05, 4.69) is 157 Å². The highest BCUT2D eigenvalue weighted by Gasteiger charge is 2.38. The van der Waals surface area contributed by atoms with Gasteiger partial charge in [-0.05, 0) is 66.2 Å². The van der Waals surface area contributed by atoms with Gasteiger partial charge in [0.15, 0.2) is 0 Å². The van der Waals surface area contributed by atoms with Crippen molar-refractivity contribution in [3.63, 3.8) is 0 Å². The molecule has 208 valence electrons. The van der Waals surface area contributed by atoms with Crippen molar-refractivity contribution in [3.8, 4) is 0 Å². The van der Waals surface area contributed by atoms with Crippen LogP contribution in [0.15, 0.2) is 147 Å². The van der Waals surface area contributed by atoms with Crippen molar-refractivity contribution in [1.82, 2.24) is 0 Å². The second-order valence-electron chi connectivity index (χ2n) is 10.7. The third kappa shape index (κ3) is 5.17. The monoisotopic (exact) mass is 584 g/mol. The van der Waals surface area contributed by atoms with Gasteiger partial charge in [0.2, 0.25) is 0 Å². The maximum Gasteiger partial charge on any atom is 0.120 e. The Morgan fingerprint density at radius 3 is 1.95 bits per heavy atom.